The number of nitrogens with zero attached hydrogens (tertiary/aromatic N) is 1. The van der Waals surface area contributed by atoms with Gasteiger partial charge in [0.15, 0.2) is 0 Å². The molecule has 0 spiro atoms. The van der Waals surface area contributed by atoms with Crippen LogP contribution in [0.15, 0.2) is 0 Å². The maximum Gasteiger partial charge on any atom is 0.407 e. The third-order valence-electron chi connectivity index (χ3n) is 6.99. The number of phosphoric acid groups is 1. The molecule has 41 heavy (non-hydrogen) atoms. The van der Waals surface area contributed by atoms with Gasteiger partial charge >= 0.3 is 6.09 Å². The molecule has 0 bridgehead atoms. The summed E-state index contributed by atoms with van der Waals surface area (Å²) in [7, 11) is 1.29. The van der Waals surface area contributed by atoms with Gasteiger partial charge in [-0.1, -0.05) is 116 Å². The minimum atomic E-state index is -4.54. The molecule has 2 unspecified atom stereocenters. The van der Waals surface area contributed by atoms with Gasteiger partial charge in [0.2, 0.25) is 0 Å². The number of amides is 1. The molecule has 0 saturated heterocycles. The summed E-state index contributed by atoms with van der Waals surface area (Å²) in [5, 5.41) is 2.51. The standard InChI is InChI=1S/C31H65N2O7P/c1-6-8-9-10-11-12-13-14-15-16-17-18-19-20-21-22-23-24-26-37-29-30(28-32-31(34)38-7-2)40-41(35,36)39-27-25-33(3,4)5/h30H,6-29H2,1-5H3,(H-,32,34,35,36). The summed E-state index contributed by atoms with van der Waals surface area (Å²) < 4.78 is 33.6. The molecule has 0 aliphatic carbocycles. The zero-order chi connectivity index (χ0) is 30.7. The van der Waals surface area contributed by atoms with E-state index in [1.807, 2.05) is 21.1 Å². The van der Waals surface area contributed by atoms with Gasteiger partial charge in [0.05, 0.1) is 34.4 Å². The largest absolute Gasteiger partial charge is 0.756 e. The molecule has 0 rings (SSSR count). The molecule has 1 amide bonds. The molecule has 10 heteroatoms. The quantitative estimate of drug-likeness (QED) is 0.0516. The highest BCUT2D eigenvalue weighted by Crippen LogP contribution is 2.39. The van der Waals surface area contributed by atoms with Crippen LogP contribution in [0, 0.1) is 0 Å². The van der Waals surface area contributed by atoms with E-state index in [9.17, 15) is 14.3 Å². The number of rotatable bonds is 30. The molecule has 1 N–H and O–H groups in total. The predicted molar refractivity (Wildman–Crippen MR) is 166 cm³/mol. The molecule has 0 aromatic heterocycles. The van der Waals surface area contributed by atoms with Gasteiger partial charge in [0, 0.05) is 13.2 Å². The Balaban J connectivity index is 3.87. The second-order valence-electron chi connectivity index (χ2n) is 12.2. The Labute approximate surface area is 252 Å². The minimum Gasteiger partial charge on any atom is -0.756 e. The highest BCUT2D eigenvalue weighted by Gasteiger charge is 2.21. The lowest BCUT2D eigenvalue weighted by molar-refractivity contribution is -0.870. The lowest BCUT2D eigenvalue weighted by atomic mass is 10.0. The molecule has 0 radical (unpaired) electrons. The highest BCUT2D eigenvalue weighted by molar-refractivity contribution is 7.45. The first-order chi connectivity index (χ1) is 19.6. The van der Waals surface area contributed by atoms with E-state index in [-0.39, 0.29) is 26.4 Å². The lowest BCUT2D eigenvalue weighted by Gasteiger charge is -2.30. The van der Waals surface area contributed by atoms with Crippen molar-refractivity contribution in [1.82, 2.24) is 5.32 Å². The Kier molecular flexibility index (Phi) is 26.4. The number of likely N-dealkylation sites (N-methyl/N-ethyl adjacent to an activating group) is 1. The lowest BCUT2D eigenvalue weighted by Crippen LogP contribution is -2.39. The van der Waals surface area contributed by atoms with Crippen LogP contribution in [-0.4, -0.2) is 77.3 Å². The number of nitrogens with one attached hydrogen (secondary N) is 1. The third-order valence-corrected chi connectivity index (χ3v) is 8.04. The molecule has 0 fully saturated rings. The van der Waals surface area contributed by atoms with Crippen LogP contribution in [0.2, 0.25) is 0 Å². The van der Waals surface area contributed by atoms with Crippen molar-refractivity contribution in [3.05, 3.63) is 0 Å². The first kappa shape index (κ1) is 40.3. The maximum absolute atomic E-state index is 12.3. The van der Waals surface area contributed by atoms with Crippen molar-refractivity contribution in [2.75, 3.05) is 60.7 Å². The zero-order valence-electron chi connectivity index (χ0n) is 27.3. The number of hydrogen-bond acceptors (Lipinski definition) is 7. The Morgan fingerprint density at radius 1 is 0.756 bits per heavy atom. The van der Waals surface area contributed by atoms with Crippen molar-refractivity contribution >= 4 is 13.9 Å². The number of phosphoric ester groups is 1. The zero-order valence-corrected chi connectivity index (χ0v) is 28.2. The number of carbonyl (C=O) groups is 1. The number of ether oxygens (including phenoxy) is 2. The molecule has 0 saturated carbocycles. The van der Waals surface area contributed by atoms with E-state index in [0.29, 0.717) is 17.6 Å². The van der Waals surface area contributed by atoms with Gasteiger partial charge in [-0.05, 0) is 13.3 Å². The normalized spacial score (nSPS) is 14.1. The molecule has 0 aromatic rings. The number of alkyl carbamates (subject to hydrolysis) is 1. The number of hydrogen-bond donors (Lipinski definition) is 1. The molecule has 0 aliphatic rings. The fraction of sp³-hybridized carbons (Fsp3) is 0.968. The molecule has 2 atom stereocenters. The van der Waals surface area contributed by atoms with Crippen molar-refractivity contribution in [2.45, 2.75) is 136 Å². The van der Waals surface area contributed by atoms with Gasteiger partial charge in [-0.2, -0.15) is 0 Å². The van der Waals surface area contributed by atoms with E-state index in [0.717, 1.165) is 12.8 Å². The van der Waals surface area contributed by atoms with Crippen LogP contribution in [0.4, 0.5) is 4.79 Å². The summed E-state index contributed by atoms with van der Waals surface area (Å²) in [6, 6.07) is 0. The summed E-state index contributed by atoms with van der Waals surface area (Å²) in [5.74, 6) is 0. The van der Waals surface area contributed by atoms with Crippen molar-refractivity contribution in [3.63, 3.8) is 0 Å². The number of carbonyl (C=O) groups excluding carboxylic acids is 1. The van der Waals surface area contributed by atoms with Crippen LogP contribution in [0.1, 0.15) is 129 Å². The highest BCUT2D eigenvalue weighted by atomic mass is 31.2. The third kappa shape index (κ3) is 30.6. The average Bonchev–Trinajstić information content (AvgIpc) is 2.89. The van der Waals surface area contributed by atoms with Gasteiger partial charge in [0.1, 0.15) is 19.3 Å². The van der Waals surface area contributed by atoms with Gasteiger partial charge in [0.25, 0.3) is 7.82 Å². The molecular weight excluding hydrogens is 543 g/mol. The molecule has 0 aromatic carbocycles. The van der Waals surface area contributed by atoms with Gasteiger partial charge in [-0.25, -0.2) is 4.79 Å². The molecule has 0 heterocycles. The van der Waals surface area contributed by atoms with Crippen LogP contribution in [-0.2, 0) is 23.1 Å². The van der Waals surface area contributed by atoms with Gasteiger partial charge < -0.3 is 33.2 Å². The van der Waals surface area contributed by atoms with Crippen LogP contribution >= 0.6 is 7.82 Å². The number of unbranched alkanes of at least 4 members (excludes halogenated alkanes) is 17. The van der Waals surface area contributed by atoms with Crippen molar-refractivity contribution in [1.29, 1.82) is 0 Å². The summed E-state index contributed by atoms with van der Waals surface area (Å²) in [6.45, 7) is 5.23. The monoisotopic (exact) mass is 608 g/mol. The van der Waals surface area contributed by atoms with E-state index >= 15 is 0 Å². The average molecular weight is 609 g/mol. The van der Waals surface area contributed by atoms with Crippen molar-refractivity contribution < 1.29 is 37.3 Å². The van der Waals surface area contributed by atoms with E-state index in [4.69, 9.17) is 18.5 Å². The molecule has 9 nitrogen and oxygen atoms in total. The maximum atomic E-state index is 12.3. The fourth-order valence-corrected chi connectivity index (χ4v) is 5.33. The predicted octanol–water partition coefficient (Wildman–Crippen LogP) is 7.37. The van der Waals surface area contributed by atoms with Gasteiger partial charge in [-0.15, -0.1) is 0 Å². The second-order valence-corrected chi connectivity index (χ2v) is 13.6. The SMILES string of the molecule is CCCCCCCCCCCCCCCCCCCCOCC(CNC(=O)OCC)OP(=O)([O-])OCC[N+](C)(C)C. The van der Waals surface area contributed by atoms with Crippen LogP contribution in [0.3, 0.4) is 0 Å². The topological polar surface area (TPSA) is 106 Å². The summed E-state index contributed by atoms with van der Waals surface area (Å²) >= 11 is 0. The Bertz CT molecular complexity index is 646. The Morgan fingerprint density at radius 3 is 1.66 bits per heavy atom. The summed E-state index contributed by atoms with van der Waals surface area (Å²) in [6.07, 6.45) is 22.3. The van der Waals surface area contributed by atoms with Crippen LogP contribution in [0.5, 0.6) is 0 Å². The molecule has 246 valence electrons. The van der Waals surface area contributed by atoms with E-state index in [2.05, 4.69) is 12.2 Å². The van der Waals surface area contributed by atoms with E-state index in [1.165, 1.54) is 103 Å². The minimum absolute atomic E-state index is 0.0163. The van der Waals surface area contributed by atoms with Gasteiger partial charge in [-0.3, -0.25) is 4.57 Å². The van der Waals surface area contributed by atoms with E-state index < -0.39 is 20.0 Å². The van der Waals surface area contributed by atoms with Crippen molar-refractivity contribution in [2.24, 2.45) is 0 Å². The Morgan fingerprint density at radius 2 is 1.22 bits per heavy atom. The molecular formula is C31H65N2O7P. The van der Waals surface area contributed by atoms with Crippen LogP contribution in [0.25, 0.3) is 0 Å². The summed E-state index contributed by atoms with van der Waals surface area (Å²) in [5.41, 5.74) is 0. The fourth-order valence-electron chi connectivity index (χ4n) is 4.47. The van der Waals surface area contributed by atoms with Crippen LogP contribution < -0.4 is 10.2 Å². The van der Waals surface area contributed by atoms with Crippen molar-refractivity contribution in [3.8, 4) is 0 Å². The second kappa shape index (κ2) is 26.9. The first-order valence-electron chi connectivity index (χ1n) is 16.5. The molecule has 0 aliphatic heterocycles. The van der Waals surface area contributed by atoms with E-state index in [1.54, 1.807) is 6.92 Å². The number of quaternary nitrogens is 1. The summed E-state index contributed by atoms with van der Waals surface area (Å²) in [4.78, 5) is 23.9. The first-order valence-corrected chi connectivity index (χ1v) is 18.0. The smallest absolute Gasteiger partial charge is 0.407 e. The Hall–Kier alpha value is -0.700.